The Morgan fingerprint density at radius 1 is 1.44 bits per heavy atom. The van der Waals surface area contributed by atoms with E-state index in [4.69, 9.17) is 11.1 Å². The normalized spacial score (nSPS) is 16.9. The van der Waals surface area contributed by atoms with Gasteiger partial charge in [0.05, 0.1) is 0 Å². The van der Waals surface area contributed by atoms with Gasteiger partial charge in [0.25, 0.3) is 0 Å². The molecule has 3 N–H and O–H groups in total. The monoisotopic (exact) mass is 237 g/mol. The SMILES string of the molecule is N=C(N)c1ccnc(N2CCCSCC2)n1. The molecule has 0 amide bonds. The predicted octanol–water partition coefficient (Wildman–Crippen LogP) is 0.704. The largest absolute Gasteiger partial charge is 0.382 e. The average molecular weight is 237 g/mol. The fraction of sp³-hybridized carbons (Fsp3) is 0.500. The molecule has 6 heteroatoms. The highest BCUT2D eigenvalue weighted by molar-refractivity contribution is 7.99. The first-order valence-electron chi connectivity index (χ1n) is 5.27. The van der Waals surface area contributed by atoms with Crippen LogP contribution in [0.1, 0.15) is 12.1 Å². The summed E-state index contributed by atoms with van der Waals surface area (Å²) in [4.78, 5) is 10.7. The summed E-state index contributed by atoms with van der Waals surface area (Å²) in [5, 5.41) is 7.35. The molecular formula is C10H15N5S. The second-order valence-electron chi connectivity index (χ2n) is 3.61. The van der Waals surface area contributed by atoms with E-state index in [1.165, 1.54) is 5.75 Å². The molecule has 1 aromatic heterocycles. The zero-order valence-electron chi connectivity index (χ0n) is 9.02. The number of rotatable bonds is 2. The summed E-state index contributed by atoms with van der Waals surface area (Å²) in [6.45, 7) is 1.94. The van der Waals surface area contributed by atoms with Crippen LogP contribution in [-0.2, 0) is 0 Å². The van der Waals surface area contributed by atoms with Crippen LogP contribution in [0.3, 0.4) is 0 Å². The van der Waals surface area contributed by atoms with E-state index in [1.807, 2.05) is 11.8 Å². The van der Waals surface area contributed by atoms with Crippen molar-refractivity contribution < 1.29 is 0 Å². The fourth-order valence-electron chi connectivity index (χ4n) is 1.60. The number of hydrogen-bond donors (Lipinski definition) is 2. The lowest BCUT2D eigenvalue weighted by atomic mass is 10.4. The molecule has 5 nitrogen and oxygen atoms in total. The number of amidine groups is 1. The van der Waals surface area contributed by atoms with Crippen molar-refractivity contribution in [3.63, 3.8) is 0 Å². The van der Waals surface area contributed by atoms with E-state index in [9.17, 15) is 0 Å². The molecule has 0 aromatic carbocycles. The maximum Gasteiger partial charge on any atom is 0.225 e. The van der Waals surface area contributed by atoms with Crippen molar-refractivity contribution in [2.24, 2.45) is 5.73 Å². The molecule has 2 rings (SSSR count). The van der Waals surface area contributed by atoms with Crippen molar-refractivity contribution in [3.8, 4) is 0 Å². The molecule has 0 aliphatic carbocycles. The van der Waals surface area contributed by atoms with Gasteiger partial charge in [0.15, 0.2) is 0 Å². The zero-order chi connectivity index (χ0) is 11.4. The maximum absolute atomic E-state index is 7.35. The summed E-state index contributed by atoms with van der Waals surface area (Å²) in [6.07, 6.45) is 2.81. The topological polar surface area (TPSA) is 78.9 Å². The molecule has 1 aromatic rings. The van der Waals surface area contributed by atoms with Gasteiger partial charge in [-0.3, -0.25) is 5.41 Å². The summed E-state index contributed by atoms with van der Waals surface area (Å²) in [5.74, 6) is 2.99. The fourth-order valence-corrected chi connectivity index (χ4v) is 2.48. The van der Waals surface area contributed by atoms with Crippen LogP contribution < -0.4 is 10.6 Å². The minimum Gasteiger partial charge on any atom is -0.382 e. The van der Waals surface area contributed by atoms with Gasteiger partial charge in [-0.25, -0.2) is 9.97 Å². The molecule has 0 bridgehead atoms. The number of hydrogen-bond acceptors (Lipinski definition) is 5. The first-order chi connectivity index (χ1) is 7.77. The molecule has 0 spiro atoms. The number of anilines is 1. The highest BCUT2D eigenvalue weighted by atomic mass is 32.2. The highest BCUT2D eigenvalue weighted by Crippen LogP contribution is 2.14. The lowest BCUT2D eigenvalue weighted by molar-refractivity contribution is 0.781. The van der Waals surface area contributed by atoms with Crippen molar-refractivity contribution in [1.29, 1.82) is 5.41 Å². The number of thioether (sulfide) groups is 1. The quantitative estimate of drug-likeness (QED) is 0.585. The summed E-state index contributed by atoms with van der Waals surface area (Å²) < 4.78 is 0. The Labute approximate surface area is 99.0 Å². The van der Waals surface area contributed by atoms with Crippen molar-refractivity contribution in [1.82, 2.24) is 9.97 Å². The third-order valence-electron chi connectivity index (χ3n) is 2.42. The minimum absolute atomic E-state index is 0.00662. The number of aromatic nitrogens is 2. The lowest BCUT2D eigenvalue weighted by Crippen LogP contribution is -2.28. The molecule has 0 saturated carbocycles. The molecule has 1 aliphatic heterocycles. The van der Waals surface area contributed by atoms with Crippen molar-refractivity contribution in [2.75, 3.05) is 29.5 Å². The Bertz CT molecular complexity index is 373. The lowest BCUT2D eigenvalue weighted by Gasteiger charge is -2.19. The van der Waals surface area contributed by atoms with Gasteiger partial charge < -0.3 is 10.6 Å². The molecule has 0 radical (unpaired) electrons. The van der Waals surface area contributed by atoms with E-state index in [-0.39, 0.29) is 5.84 Å². The van der Waals surface area contributed by atoms with Gasteiger partial charge in [0, 0.05) is 25.0 Å². The summed E-state index contributed by atoms with van der Waals surface area (Å²) in [7, 11) is 0. The summed E-state index contributed by atoms with van der Waals surface area (Å²) >= 11 is 1.96. The van der Waals surface area contributed by atoms with E-state index >= 15 is 0 Å². The van der Waals surface area contributed by atoms with Crippen LogP contribution in [0.2, 0.25) is 0 Å². The third-order valence-corrected chi connectivity index (χ3v) is 3.47. The number of nitrogens with zero attached hydrogens (tertiary/aromatic N) is 3. The van der Waals surface area contributed by atoms with Crippen LogP contribution in [0.5, 0.6) is 0 Å². The Kier molecular flexibility index (Phi) is 3.61. The Balaban J connectivity index is 2.18. The smallest absolute Gasteiger partial charge is 0.225 e. The molecule has 16 heavy (non-hydrogen) atoms. The van der Waals surface area contributed by atoms with E-state index in [0.717, 1.165) is 25.3 Å². The second kappa shape index (κ2) is 5.16. The van der Waals surface area contributed by atoms with E-state index in [1.54, 1.807) is 12.3 Å². The van der Waals surface area contributed by atoms with Gasteiger partial charge in [-0.05, 0) is 18.2 Å². The highest BCUT2D eigenvalue weighted by Gasteiger charge is 2.13. The summed E-state index contributed by atoms with van der Waals surface area (Å²) in [5.41, 5.74) is 5.92. The van der Waals surface area contributed by atoms with Gasteiger partial charge in [-0.2, -0.15) is 11.8 Å². The van der Waals surface area contributed by atoms with Crippen LogP contribution in [0.25, 0.3) is 0 Å². The molecule has 1 saturated heterocycles. The van der Waals surface area contributed by atoms with Crippen molar-refractivity contribution in [2.45, 2.75) is 6.42 Å². The maximum atomic E-state index is 7.35. The van der Waals surface area contributed by atoms with Crippen LogP contribution in [0.4, 0.5) is 5.95 Å². The number of nitrogen functional groups attached to an aromatic ring is 1. The van der Waals surface area contributed by atoms with Crippen LogP contribution >= 0.6 is 11.8 Å². The first kappa shape index (κ1) is 11.2. The average Bonchev–Trinajstić information content (AvgIpc) is 2.57. The van der Waals surface area contributed by atoms with Gasteiger partial charge in [-0.15, -0.1) is 0 Å². The standard InChI is InChI=1S/C10H15N5S/c11-9(12)8-2-3-13-10(14-8)15-4-1-6-16-7-5-15/h2-3H,1,4-7H2,(H3,11,12). The van der Waals surface area contributed by atoms with Crippen LogP contribution in [0, 0.1) is 5.41 Å². The van der Waals surface area contributed by atoms with Crippen LogP contribution in [-0.4, -0.2) is 40.4 Å². The molecular weight excluding hydrogens is 222 g/mol. The van der Waals surface area contributed by atoms with E-state index in [0.29, 0.717) is 11.6 Å². The predicted molar refractivity (Wildman–Crippen MR) is 67.2 cm³/mol. The first-order valence-corrected chi connectivity index (χ1v) is 6.43. The molecule has 0 atom stereocenters. The van der Waals surface area contributed by atoms with E-state index < -0.39 is 0 Å². The Morgan fingerprint density at radius 2 is 2.31 bits per heavy atom. The van der Waals surface area contributed by atoms with E-state index in [2.05, 4.69) is 14.9 Å². The summed E-state index contributed by atoms with van der Waals surface area (Å²) in [6, 6.07) is 1.67. The van der Waals surface area contributed by atoms with Crippen LogP contribution in [0.15, 0.2) is 12.3 Å². The number of nitrogens with two attached hydrogens (primary N) is 1. The van der Waals surface area contributed by atoms with Gasteiger partial charge >= 0.3 is 0 Å². The van der Waals surface area contributed by atoms with Crippen molar-refractivity contribution in [3.05, 3.63) is 18.0 Å². The van der Waals surface area contributed by atoms with Gasteiger partial charge in [-0.1, -0.05) is 0 Å². The molecule has 1 fully saturated rings. The van der Waals surface area contributed by atoms with Gasteiger partial charge in [0.2, 0.25) is 5.95 Å². The molecule has 0 unspecified atom stereocenters. The van der Waals surface area contributed by atoms with Crippen molar-refractivity contribution >= 4 is 23.5 Å². The second-order valence-corrected chi connectivity index (χ2v) is 4.83. The minimum atomic E-state index is -0.00662. The molecule has 1 aliphatic rings. The Hall–Kier alpha value is -1.30. The van der Waals surface area contributed by atoms with Gasteiger partial charge in [0.1, 0.15) is 11.5 Å². The third kappa shape index (κ3) is 2.63. The zero-order valence-corrected chi connectivity index (χ0v) is 9.83. The number of nitrogens with one attached hydrogen (secondary N) is 1. The molecule has 2 heterocycles. The Morgan fingerprint density at radius 3 is 3.12 bits per heavy atom. The molecule has 86 valence electrons.